The molecule has 128 valence electrons. The Labute approximate surface area is 144 Å². The standard InChI is InChI=1S/C17H18N6O2/c1-3-12-6-4-5-7-13(12)20-14(24)10-19-16(25)15-21-17-18-9-8-11(2)23(17)22-15/h4-9H,3,10H2,1-2H3,(H,19,25)(H,20,24). The summed E-state index contributed by atoms with van der Waals surface area (Å²) in [5, 5.41) is 9.41. The van der Waals surface area contributed by atoms with Gasteiger partial charge < -0.3 is 10.6 Å². The van der Waals surface area contributed by atoms with Gasteiger partial charge in [-0.3, -0.25) is 9.59 Å². The molecule has 3 rings (SSSR count). The average molecular weight is 338 g/mol. The lowest BCUT2D eigenvalue weighted by molar-refractivity contribution is -0.115. The molecule has 0 aliphatic rings. The third kappa shape index (κ3) is 3.63. The Kier molecular flexibility index (Phi) is 4.69. The molecule has 25 heavy (non-hydrogen) atoms. The van der Waals surface area contributed by atoms with Crippen LogP contribution in [0.4, 0.5) is 5.69 Å². The van der Waals surface area contributed by atoms with Crippen LogP contribution in [0.5, 0.6) is 0 Å². The van der Waals surface area contributed by atoms with Crippen LogP contribution in [0.2, 0.25) is 0 Å². The highest BCUT2D eigenvalue weighted by molar-refractivity contribution is 5.98. The predicted molar refractivity (Wildman–Crippen MR) is 92.3 cm³/mol. The molecule has 0 bridgehead atoms. The van der Waals surface area contributed by atoms with E-state index in [4.69, 9.17) is 0 Å². The molecule has 0 saturated heterocycles. The zero-order valence-corrected chi connectivity index (χ0v) is 14.0. The van der Waals surface area contributed by atoms with Crippen molar-refractivity contribution in [2.75, 3.05) is 11.9 Å². The predicted octanol–water partition coefficient (Wildman–Crippen LogP) is 1.36. The summed E-state index contributed by atoms with van der Waals surface area (Å²) in [4.78, 5) is 32.3. The fourth-order valence-electron chi connectivity index (χ4n) is 2.39. The minimum Gasteiger partial charge on any atom is -0.340 e. The molecule has 0 atom stereocenters. The molecule has 3 aromatic rings. The average Bonchev–Trinajstić information content (AvgIpc) is 3.06. The molecule has 2 amide bonds. The van der Waals surface area contributed by atoms with Gasteiger partial charge in [-0.25, -0.2) is 9.50 Å². The number of aromatic nitrogens is 4. The SMILES string of the molecule is CCc1ccccc1NC(=O)CNC(=O)c1nc2nccc(C)n2n1. The normalized spacial score (nSPS) is 10.6. The zero-order valence-electron chi connectivity index (χ0n) is 14.0. The number of para-hydroxylation sites is 1. The van der Waals surface area contributed by atoms with Crippen molar-refractivity contribution < 1.29 is 9.59 Å². The van der Waals surface area contributed by atoms with Crippen molar-refractivity contribution in [3.8, 4) is 0 Å². The number of benzene rings is 1. The van der Waals surface area contributed by atoms with Gasteiger partial charge in [0.15, 0.2) is 0 Å². The molecule has 0 unspecified atom stereocenters. The van der Waals surface area contributed by atoms with Crippen LogP contribution in [0.25, 0.3) is 5.78 Å². The first-order valence-electron chi connectivity index (χ1n) is 7.93. The van der Waals surface area contributed by atoms with Crippen molar-refractivity contribution in [3.63, 3.8) is 0 Å². The molecule has 0 saturated carbocycles. The van der Waals surface area contributed by atoms with Crippen LogP contribution in [0.15, 0.2) is 36.5 Å². The largest absolute Gasteiger partial charge is 0.340 e. The van der Waals surface area contributed by atoms with Crippen LogP contribution in [0, 0.1) is 6.92 Å². The number of fused-ring (bicyclic) bond motifs is 1. The molecule has 2 aromatic heterocycles. The monoisotopic (exact) mass is 338 g/mol. The lowest BCUT2D eigenvalue weighted by Crippen LogP contribution is -2.33. The van der Waals surface area contributed by atoms with Crippen LogP contribution >= 0.6 is 0 Å². The van der Waals surface area contributed by atoms with Gasteiger partial charge in [0.2, 0.25) is 11.7 Å². The van der Waals surface area contributed by atoms with Crippen LogP contribution in [0.1, 0.15) is 28.8 Å². The number of nitrogens with one attached hydrogen (secondary N) is 2. The van der Waals surface area contributed by atoms with Gasteiger partial charge in [-0.05, 0) is 31.0 Å². The summed E-state index contributed by atoms with van der Waals surface area (Å²) in [7, 11) is 0. The van der Waals surface area contributed by atoms with Gasteiger partial charge in [-0.15, -0.1) is 5.10 Å². The quantitative estimate of drug-likeness (QED) is 0.731. The number of hydrogen-bond acceptors (Lipinski definition) is 5. The number of anilines is 1. The first kappa shape index (κ1) is 16.6. The van der Waals surface area contributed by atoms with Gasteiger partial charge in [-0.1, -0.05) is 25.1 Å². The van der Waals surface area contributed by atoms with Crippen LogP contribution < -0.4 is 10.6 Å². The minimum atomic E-state index is -0.524. The lowest BCUT2D eigenvalue weighted by atomic mass is 10.1. The minimum absolute atomic E-state index is 0.0245. The van der Waals surface area contributed by atoms with E-state index in [9.17, 15) is 9.59 Å². The molecule has 0 fully saturated rings. The second-order valence-corrected chi connectivity index (χ2v) is 5.47. The Hall–Kier alpha value is -3.29. The Bertz CT molecular complexity index is 934. The molecule has 2 N–H and O–H groups in total. The van der Waals surface area contributed by atoms with E-state index in [0.717, 1.165) is 23.4 Å². The van der Waals surface area contributed by atoms with Gasteiger partial charge >= 0.3 is 0 Å². The zero-order chi connectivity index (χ0) is 17.8. The van der Waals surface area contributed by atoms with E-state index in [-0.39, 0.29) is 18.3 Å². The Morgan fingerprint density at radius 2 is 2.00 bits per heavy atom. The molecule has 0 aliphatic carbocycles. The van der Waals surface area contributed by atoms with Crippen LogP contribution in [-0.2, 0) is 11.2 Å². The Morgan fingerprint density at radius 3 is 2.76 bits per heavy atom. The maximum Gasteiger partial charge on any atom is 0.291 e. The van der Waals surface area contributed by atoms with Gasteiger partial charge in [0.25, 0.3) is 11.7 Å². The molecule has 8 heteroatoms. The fourth-order valence-corrected chi connectivity index (χ4v) is 2.39. The summed E-state index contributed by atoms with van der Waals surface area (Å²) < 4.78 is 1.48. The molecule has 0 radical (unpaired) electrons. The number of hydrogen-bond donors (Lipinski definition) is 2. The van der Waals surface area contributed by atoms with E-state index in [0.29, 0.717) is 5.78 Å². The van der Waals surface area contributed by atoms with E-state index in [1.807, 2.05) is 38.1 Å². The van der Waals surface area contributed by atoms with Gasteiger partial charge in [0, 0.05) is 17.6 Å². The van der Waals surface area contributed by atoms with E-state index in [1.54, 1.807) is 12.3 Å². The van der Waals surface area contributed by atoms with Gasteiger partial charge in [-0.2, -0.15) is 4.98 Å². The van der Waals surface area contributed by atoms with Crippen molar-refractivity contribution in [1.29, 1.82) is 0 Å². The number of aryl methyl sites for hydroxylation is 2. The fraction of sp³-hybridized carbons (Fsp3) is 0.235. The Balaban J connectivity index is 1.63. The molecule has 0 aliphatic heterocycles. The van der Waals surface area contributed by atoms with Gasteiger partial charge in [0.1, 0.15) is 0 Å². The maximum atomic E-state index is 12.1. The Morgan fingerprint density at radius 1 is 1.20 bits per heavy atom. The van der Waals surface area contributed by atoms with Crippen molar-refractivity contribution in [1.82, 2.24) is 24.9 Å². The third-order valence-corrected chi connectivity index (χ3v) is 3.71. The second-order valence-electron chi connectivity index (χ2n) is 5.47. The third-order valence-electron chi connectivity index (χ3n) is 3.71. The number of carbonyl (C=O) groups is 2. The van der Waals surface area contributed by atoms with Gasteiger partial charge in [0.05, 0.1) is 6.54 Å². The van der Waals surface area contributed by atoms with Crippen LogP contribution in [-0.4, -0.2) is 37.9 Å². The number of nitrogens with zero attached hydrogens (tertiary/aromatic N) is 4. The molecular weight excluding hydrogens is 320 g/mol. The molecular formula is C17H18N6O2. The lowest BCUT2D eigenvalue weighted by Gasteiger charge is -2.09. The summed E-state index contributed by atoms with van der Waals surface area (Å²) in [5.74, 6) is -0.522. The molecule has 1 aromatic carbocycles. The molecule has 2 heterocycles. The summed E-state index contributed by atoms with van der Waals surface area (Å²) in [6, 6.07) is 9.31. The summed E-state index contributed by atoms with van der Waals surface area (Å²) in [6.07, 6.45) is 2.40. The smallest absolute Gasteiger partial charge is 0.291 e. The topological polar surface area (TPSA) is 101 Å². The first-order valence-corrected chi connectivity index (χ1v) is 7.93. The van der Waals surface area contributed by atoms with E-state index in [2.05, 4.69) is 25.7 Å². The molecule has 8 nitrogen and oxygen atoms in total. The number of carbonyl (C=O) groups excluding carboxylic acids is 2. The first-order chi connectivity index (χ1) is 12.1. The number of rotatable bonds is 5. The summed E-state index contributed by atoms with van der Waals surface area (Å²) in [5.41, 5.74) is 2.59. The van der Waals surface area contributed by atoms with Crippen LogP contribution in [0.3, 0.4) is 0 Å². The van der Waals surface area contributed by atoms with E-state index in [1.165, 1.54) is 4.52 Å². The highest BCUT2D eigenvalue weighted by Gasteiger charge is 2.15. The summed E-state index contributed by atoms with van der Waals surface area (Å²) >= 11 is 0. The van der Waals surface area contributed by atoms with Crippen molar-refractivity contribution in [3.05, 3.63) is 53.6 Å². The number of amides is 2. The molecule has 0 spiro atoms. The maximum absolute atomic E-state index is 12.1. The highest BCUT2D eigenvalue weighted by Crippen LogP contribution is 2.14. The van der Waals surface area contributed by atoms with E-state index >= 15 is 0 Å². The second kappa shape index (κ2) is 7.08. The van der Waals surface area contributed by atoms with Crippen molar-refractivity contribution >= 4 is 23.3 Å². The van der Waals surface area contributed by atoms with Crippen molar-refractivity contribution in [2.24, 2.45) is 0 Å². The van der Waals surface area contributed by atoms with E-state index < -0.39 is 5.91 Å². The van der Waals surface area contributed by atoms with Crippen molar-refractivity contribution in [2.45, 2.75) is 20.3 Å². The summed E-state index contributed by atoms with van der Waals surface area (Å²) in [6.45, 7) is 3.68. The highest BCUT2D eigenvalue weighted by atomic mass is 16.2.